The van der Waals surface area contributed by atoms with E-state index in [1.807, 2.05) is 0 Å². The van der Waals surface area contributed by atoms with E-state index in [2.05, 4.69) is 13.5 Å². The molecule has 4 unspecified atom stereocenters. The van der Waals surface area contributed by atoms with E-state index in [1.54, 1.807) is 6.92 Å². The Morgan fingerprint density at radius 3 is 2.34 bits per heavy atom. The summed E-state index contributed by atoms with van der Waals surface area (Å²) in [6, 6.07) is 0. The van der Waals surface area contributed by atoms with Crippen molar-refractivity contribution < 1.29 is 55.1 Å². The molecule has 0 aromatic rings. The van der Waals surface area contributed by atoms with E-state index in [0.29, 0.717) is 19.4 Å². The van der Waals surface area contributed by atoms with E-state index in [4.69, 9.17) is 14.2 Å². The van der Waals surface area contributed by atoms with Crippen molar-refractivity contribution in [2.24, 2.45) is 34.5 Å². The van der Waals surface area contributed by atoms with Gasteiger partial charge in [-0.1, -0.05) is 13.5 Å². The van der Waals surface area contributed by atoms with Crippen LogP contribution in [0.1, 0.15) is 65.2 Å². The molecule has 2 aliphatic heterocycles. The van der Waals surface area contributed by atoms with Crippen LogP contribution < -0.4 is 0 Å². The maximum atomic E-state index is 12.5. The number of ether oxygens (including phenoxy) is 3. The van der Waals surface area contributed by atoms with Gasteiger partial charge in [0.05, 0.1) is 60.0 Å². The van der Waals surface area contributed by atoms with Gasteiger partial charge < -0.3 is 55.1 Å². The van der Waals surface area contributed by atoms with Crippen LogP contribution in [0.3, 0.4) is 0 Å². The molecule has 4 aliphatic carbocycles. The van der Waals surface area contributed by atoms with Crippen LogP contribution in [0.15, 0.2) is 12.3 Å². The highest BCUT2D eigenvalue weighted by molar-refractivity contribution is 5.24. The topological polar surface area (TPSA) is 190 Å². The van der Waals surface area contributed by atoms with Crippen LogP contribution in [-0.2, 0) is 14.2 Å². The third-order valence-corrected chi connectivity index (χ3v) is 12.7. The summed E-state index contributed by atoms with van der Waals surface area (Å²) in [6.07, 6.45) is -6.55. The number of hydrogen-bond acceptors (Lipinski definition) is 11. The van der Waals surface area contributed by atoms with Gasteiger partial charge in [0.15, 0.2) is 6.29 Å². The van der Waals surface area contributed by atoms with Gasteiger partial charge in [0.25, 0.3) is 0 Å². The van der Waals surface area contributed by atoms with E-state index in [0.717, 1.165) is 18.6 Å². The molecule has 4 saturated carbocycles. The Balaban J connectivity index is 1.27. The summed E-state index contributed by atoms with van der Waals surface area (Å²) in [5, 5.41) is 89.9. The van der Waals surface area contributed by atoms with Crippen molar-refractivity contribution in [1.29, 1.82) is 0 Å². The fourth-order valence-corrected chi connectivity index (χ4v) is 10.6. The van der Waals surface area contributed by atoms with Crippen molar-refractivity contribution in [3.63, 3.8) is 0 Å². The lowest BCUT2D eigenvalue weighted by atomic mass is 9.40. The monoisotopic (exact) mass is 584 g/mol. The molecule has 2 saturated heterocycles. The van der Waals surface area contributed by atoms with Crippen LogP contribution in [-0.4, -0.2) is 114 Å². The summed E-state index contributed by atoms with van der Waals surface area (Å²) < 4.78 is 17.3. The van der Waals surface area contributed by atoms with E-state index < -0.39 is 89.5 Å². The normalized spacial score (nSPS) is 58.8. The van der Waals surface area contributed by atoms with Gasteiger partial charge in [-0.15, -0.1) is 0 Å². The first kappa shape index (κ1) is 30.2. The zero-order chi connectivity index (χ0) is 29.7. The summed E-state index contributed by atoms with van der Waals surface area (Å²) in [4.78, 5) is 0. The van der Waals surface area contributed by atoms with Gasteiger partial charge in [0, 0.05) is 36.5 Å². The Morgan fingerprint density at radius 2 is 1.68 bits per heavy atom. The molecular weight excluding hydrogens is 536 g/mol. The summed E-state index contributed by atoms with van der Waals surface area (Å²) in [5.41, 5.74) is -4.87. The van der Waals surface area contributed by atoms with Gasteiger partial charge in [0.1, 0.15) is 18.3 Å². The van der Waals surface area contributed by atoms with Crippen molar-refractivity contribution in [1.82, 2.24) is 0 Å². The zero-order valence-corrected chi connectivity index (χ0v) is 24.0. The Bertz CT molecular complexity index is 1030. The van der Waals surface area contributed by atoms with E-state index in [9.17, 15) is 40.9 Å². The molecule has 234 valence electrons. The fraction of sp³-hybridized carbons (Fsp3) is 0.933. The molecule has 8 N–H and O–H groups in total. The maximum Gasteiger partial charge on any atom is 0.186 e. The second kappa shape index (κ2) is 10.1. The first-order valence-electron chi connectivity index (χ1n) is 15.3. The lowest BCUT2D eigenvalue weighted by molar-refractivity contribution is -0.342. The van der Waals surface area contributed by atoms with Gasteiger partial charge in [-0.3, -0.25) is 0 Å². The molecule has 6 fully saturated rings. The molecule has 0 spiro atoms. The minimum atomic E-state index is -1.63. The third-order valence-electron chi connectivity index (χ3n) is 12.7. The molecule has 16 atom stereocenters. The second-order valence-corrected chi connectivity index (χ2v) is 14.4. The third kappa shape index (κ3) is 4.07. The second-order valence-electron chi connectivity index (χ2n) is 14.4. The molecule has 0 radical (unpaired) electrons. The summed E-state index contributed by atoms with van der Waals surface area (Å²) in [5.74, 6) is -0.107. The van der Waals surface area contributed by atoms with Crippen LogP contribution in [0.4, 0.5) is 0 Å². The average Bonchev–Trinajstić information content (AvgIpc) is 3.45. The summed E-state index contributed by atoms with van der Waals surface area (Å²) in [7, 11) is 0. The van der Waals surface area contributed by atoms with Crippen molar-refractivity contribution in [2.45, 2.75) is 125 Å². The quantitative estimate of drug-likeness (QED) is 0.200. The molecule has 6 rings (SSSR count). The number of aliphatic hydroxyl groups excluding tert-OH is 6. The van der Waals surface area contributed by atoms with Crippen molar-refractivity contribution in [2.75, 3.05) is 13.2 Å². The first-order chi connectivity index (χ1) is 19.2. The highest BCUT2D eigenvalue weighted by Crippen LogP contribution is 2.71. The largest absolute Gasteiger partial charge is 0.498 e. The number of rotatable bonds is 4. The number of aliphatic hydroxyl groups is 8. The molecule has 41 heavy (non-hydrogen) atoms. The van der Waals surface area contributed by atoms with Gasteiger partial charge in [-0.2, -0.15) is 0 Å². The molecule has 0 bridgehead atoms. The number of fused-ring (bicyclic) bond motifs is 5. The standard InChI is InChI=1S/C30H48O11/c1-14-8-16(12-39-14)18-5-7-30(38)19-4-6-28(37)10-17(41-26-25(36)24(35)23(34)15(2)40-26)9-21(33)29(28,13-31)22(19)20(32)11-27(18,30)3/h15-26,31-38H,1,4-13H2,2-3H3/t15-,16?,17-,18+,19?,20?,21+,22?,23-,24+,25+,26-,27+,28-,29+,30-/m0/s1. The smallest absolute Gasteiger partial charge is 0.186 e. The molecule has 0 amide bonds. The van der Waals surface area contributed by atoms with Crippen molar-refractivity contribution in [3.8, 4) is 0 Å². The fourth-order valence-electron chi connectivity index (χ4n) is 10.6. The number of hydrogen-bond donors (Lipinski definition) is 8. The first-order valence-corrected chi connectivity index (χ1v) is 15.3. The van der Waals surface area contributed by atoms with E-state index in [1.165, 1.54) is 0 Å². The van der Waals surface area contributed by atoms with Crippen LogP contribution in [0, 0.1) is 34.5 Å². The molecule has 2 heterocycles. The number of allylic oxidation sites excluding steroid dienone is 1. The lowest BCUT2D eigenvalue weighted by Crippen LogP contribution is -2.76. The minimum Gasteiger partial charge on any atom is -0.498 e. The predicted molar refractivity (Wildman–Crippen MR) is 143 cm³/mol. The van der Waals surface area contributed by atoms with Crippen LogP contribution >= 0.6 is 0 Å². The SMILES string of the molecule is C=C1CC([C@H]2CC[C@]3(O)C4CC[C@]5(O)C[C@@H](O[C@@H]6O[C@@H](C)[C@H](O)[C@@H](O)[C@H]6O)C[C@@H](O)[C@]5(CO)C4C(O)C[C@]23C)CO1. The van der Waals surface area contributed by atoms with Gasteiger partial charge in [-0.25, -0.2) is 0 Å². The van der Waals surface area contributed by atoms with E-state index in [-0.39, 0.29) is 37.5 Å². The van der Waals surface area contributed by atoms with Crippen LogP contribution in [0.25, 0.3) is 0 Å². The Morgan fingerprint density at radius 1 is 0.976 bits per heavy atom. The van der Waals surface area contributed by atoms with E-state index >= 15 is 0 Å². The molecule has 0 aromatic heterocycles. The molecule has 11 nitrogen and oxygen atoms in total. The Labute approximate surface area is 240 Å². The molecular formula is C30H48O11. The molecule has 0 aromatic carbocycles. The maximum absolute atomic E-state index is 12.5. The highest BCUT2D eigenvalue weighted by atomic mass is 16.7. The summed E-state index contributed by atoms with van der Waals surface area (Å²) >= 11 is 0. The van der Waals surface area contributed by atoms with Crippen LogP contribution in [0.2, 0.25) is 0 Å². The van der Waals surface area contributed by atoms with Gasteiger partial charge in [0.2, 0.25) is 0 Å². The Kier molecular flexibility index (Phi) is 7.42. The summed E-state index contributed by atoms with van der Waals surface area (Å²) in [6.45, 7) is 7.54. The molecule has 6 aliphatic rings. The predicted octanol–water partition coefficient (Wildman–Crippen LogP) is -0.448. The Hall–Kier alpha value is -0.860. The van der Waals surface area contributed by atoms with Gasteiger partial charge in [-0.05, 0) is 50.9 Å². The minimum absolute atomic E-state index is 0.0000156. The van der Waals surface area contributed by atoms with Crippen molar-refractivity contribution >= 4 is 0 Å². The highest BCUT2D eigenvalue weighted by Gasteiger charge is 2.75. The zero-order valence-electron chi connectivity index (χ0n) is 24.0. The lowest BCUT2D eigenvalue weighted by Gasteiger charge is -2.68. The van der Waals surface area contributed by atoms with Gasteiger partial charge >= 0.3 is 0 Å². The average molecular weight is 585 g/mol. The van der Waals surface area contributed by atoms with Crippen LogP contribution in [0.5, 0.6) is 0 Å². The van der Waals surface area contributed by atoms with Crippen molar-refractivity contribution in [3.05, 3.63) is 12.3 Å². The molecule has 11 heteroatoms.